The van der Waals surface area contributed by atoms with Gasteiger partial charge in [0.2, 0.25) is 5.91 Å². The summed E-state index contributed by atoms with van der Waals surface area (Å²) in [5.41, 5.74) is 5.59. The minimum absolute atomic E-state index is 0.0375. The number of carbonyl (C=O) groups is 1. The van der Waals surface area contributed by atoms with Crippen LogP contribution < -0.4 is 5.73 Å². The second-order valence-corrected chi connectivity index (χ2v) is 8.11. The fraction of sp³-hybridized carbons (Fsp3) is 0.533. The molecule has 1 fully saturated rings. The van der Waals surface area contributed by atoms with E-state index in [1.165, 1.54) is 19.1 Å². The zero-order valence-electron chi connectivity index (χ0n) is 12.5. The molecule has 0 aliphatic carbocycles. The number of nitrogens with two attached hydrogens (primary N) is 1. The van der Waals surface area contributed by atoms with E-state index in [1.807, 2.05) is 0 Å². The highest BCUT2D eigenvalue weighted by Gasteiger charge is 2.30. The van der Waals surface area contributed by atoms with Crippen molar-refractivity contribution >= 4 is 15.7 Å². The van der Waals surface area contributed by atoms with E-state index >= 15 is 0 Å². The van der Waals surface area contributed by atoms with E-state index in [2.05, 4.69) is 0 Å². The van der Waals surface area contributed by atoms with Crippen LogP contribution in [0.15, 0.2) is 29.2 Å². The van der Waals surface area contributed by atoms with Gasteiger partial charge in [0.25, 0.3) is 0 Å². The Bertz CT molecular complexity index is 631. The summed E-state index contributed by atoms with van der Waals surface area (Å²) in [6, 6.07) is 4.67. The first-order valence-corrected chi connectivity index (χ1v) is 8.86. The molecule has 2 atom stereocenters. The zero-order valence-corrected chi connectivity index (χ0v) is 13.4. The molecule has 1 aromatic rings. The van der Waals surface area contributed by atoms with Gasteiger partial charge in [-0.25, -0.2) is 12.8 Å². The molecule has 0 saturated carbocycles. The summed E-state index contributed by atoms with van der Waals surface area (Å²) < 4.78 is 37.7. The van der Waals surface area contributed by atoms with Gasteiger partial charge in [-0.3, -0.25) is 4.79 Å². The average Bonchev–Trinajstić information content (AvgIpc) is 2.96. The van der Waals surface area contributed by atoms with Crippen molar-refractivity contribution in [1.29, 1.82) is 0 Å². The van der Waals surface area contributed by atoms with Gasteiger partial charge in [-0.2, -0.15) is 0 Å². The second kappa shape index (κ2) is 6.75. The first-order valence-electron chi connectivity index (χ1n) is 7.32. The number of carbonyl (C=O) groups excluding carboxylic acids is 1. The Balaban J connectivity index is 2.03. The van der Waals surface area contributed by atoms with Gasteiger partial charge in [-0.1, -0.05) is 0 Å². The van der Waals surface area contributed by atoms with Crippen LogP contribution in [0.4, 0.5) is 4.39 Å². The van der Waals surface area contributed by atoms with Crippen molar-refractivity contribution in [3.05, 3.63) is 30.1 Å². The number of hydrogen-bond acceptors (Lipinski definition) is 4. The molecule has 1 aliphatic heterocycles. The van der Waals surface area contributed by atoms with Gasteiger partial charge in [-0.15, -0.1) is 0 Å². The second-order valence-electron chi connectivity index (χ2n) is 5.74. The van der Waals surface area contributed by atoms with Crippen molar-refractivity contribution in [2.24, 2.45) is 11.7 Å². The van der Waals surface area contributed by atoms with Gasteiger partial charge in [0.15, 0.2) is 9.84 Å². The number of benzene rings is 1. The Morgan fingerprint density at radius 1 is 1.41 bits per heavy atom. The van der Waals surface area contributed by atoms with E-state index in [9.17, 15) is 17.6 Å². The minimum Gasteiger partial charge on any atom is -0.342 e. The van der Waals surface area contributed by atoms with Crippen LogP contribution in [0.25, 0.3) is 0 Å². The summed E-state index contributed by atoms with van der Waals surface area (Å²) in [4.78, 5) is 13.9. The molecule has 0 aromatic heterocycles. The van der Waals surface area contributed by atoms with E-state index in [4.69, 9.17) is 5.73 Å². The third-order valence-electron chi connectivity index (χ3n) is 4.11. The molecular formula is C15H21FN2O3S. The van der Waals surface area contributed by atoms with E-state index in [-0.39, 0.29) is 17.2 Å². The summed E-state index contributed by atoms with van der Waals surface area (Å²) in [7, 11) is -3.64. The summed E-state index contributed by atoms with van der Waals surface area (Å²) in [6.45, 7) is 3.27. The lowest BCUT2D eigenvalue weighted by molar-refractivity contribution is -0.130. The molecule has 1 amide bonds. The molecule has 7 heteroatoms. The largest absolute Gasteiger partial charge is 0.342 e. The van der Waals surface area contributed by atoms with Crippen molar-refractivity contribution in [3.8, 4) is 0 Å². The van der Waals surface area contributed by atoms with Crippen molar-refractivity contribution < 1.29 is 17.6 Å². The van der Waals surface area contributed by atoms with Crippen LogP contribution in [0, 0.1) is 11.7 Å². The van der Waals surface area contributed by atoms with Gasteiger partial charge in [-0.05, 0) is 50.1 Å². The van der Waals surface area contributed by atoms with Crippen LogP contribution >= 0.6 is 0 Å². The molecule has 0 spiro atoms. The predicted molar refractivity (Wildman–Crippen MR) is 81.4 cm³/mol. The van der Waals surface area contributed by atoms with Gasteiger partial charge >= 0.3 is 0 Å². The van der Waals surface area contributed by atoms with E-state index < -0.39 is 20.9 Å². The Hall–Kier alpha value is -1.47. The van der Waals surface area contributed by atoms with Crippen LogP contribution in [-0.4, -0.2) is 44.1 Å². The fourth-order valence-electron chi connectivity index (χ4n) is 2.59. The molecule has 22 heavy (non-hydrogen) atoms. The zero-order chi connectivity index (χ0) is 16.3. The smallest absolute Gasteiger partial charge is 0.223 e. The Kier molecular flexibility index (Phi) is 5.18. The van der Waals surface area contributed by atoms with Crippen molar-refractivity contribution in [2.45, 2.75) is 29.9 Å². The van der Waals surface area contributed by atoms with Crippen molar-refractivity contribution in [3.63, 3.8) is 0 Å². The fourth-order valence-corrected chi connectivity index (χ4v) is 3.93. The average molecular weight is 328 g/mol. The quantitative estimate of drug-likeness (QED) is 0.823. The van der Waals surface area contributed by atoms with Crippen LogP contribution in [0.3, 0.4) is 0 Å². The lowest BCUT2D eigenvalue weighted by Gasteiger charge is -2.19. The maximum absolute atomic E-state index is 12.9. The van der Waals surface area contributed by atoms with Crippen molar-refractivity contribution in [1.82, 2.24) is 4.90 Å². The molecular weight excluding hydrogens is 307 g/mol. The topological polar surface area (TPSA) is 80.5 Å². The van der Waals surface area contributed by atoms with Crippen LogP contribution in [0.1, 0.15) is 19.8 Å². The number of nitrogens with zero attached hydrogens (tertiary/aromatic N) is 1. The van der Waals surface area contributed by atoms with Gasteiger partial charge < -0.3 is 10.6 Å². The summed E-state index contributed by atoms with van der Waals surface area (Å²) >= 11 is 0. The van der Waals surface area contributed by atoms with Gasteiger partial charge in [0.1, 0.15) is 5.82 Å². The SMILES string of the molecule is C[C@H](CC(=O)N1CC[C@@H](CN)C1)S(=O)(=O)c1ccc(F)cc1. The molecule has 2 N–H and O–H groups in total. The molecule has 2 rings (SSSR count). The first kappa shape index (κ1) is 16.9. The first-order chi connectivity index (χ1) is 10.3. The number of hydrogen-bond donors (Lipinski definition) is 1. The van der Waals surface area contributed by atoms with Crippen LogP contribution in [0.5, 0.6) is 0 Å². The molecule has 122 valence electrons. The molecule has 1 aromatic carbocycles. The molecule has 1 aliphatic rings. The lowest BCUT2D eigenvalue weighted by Crippen LogP contribution is -2.33. The summed E-state index contributed by atoms with van der Waals surface area (Å²) in [5, 5.41) is -0.845. The highest BCUT2D eigenvalue weighted by atomic mass is 32.2. The molecule has 1 saturated heterocycles. The van der Waals surface area contributed by atoms with Crippen LogP contribution in [0.2, 0.25) is 0 Å². The maximum atomic E-state index is 12.9. The third-order valence-corrected chi connectivity index (χ3v) is 6.26. The lowest BCUT2D eigenvalue weighted by atomic mass is 10.1. The number of likely N-dealkylation sites (tertiary alicyclic amines) is 1. The van der Waals surface area contributed by atoms with Gasteiger partial charge in [0.05, 0.1) is 10.1 Å². The third kappa shape index (κ3) is 3.64. The highest BCUT2D eigenvalue weighted by Crippen LogP contribution is 2.21. The number of rotatable bonds is 5. The summed E-state index contributed by atoms with van der Waals surface area (Å²) in [5.74, 6) is -0.366. The van der Waals surface area contributed by atoms with Crippen LogP contribution in [-0.2, 0) is 14.6 Å². The monoisotopic (exact) mass is 328 g/mol. The summed E-state index contributed by atoms with van der Waals surface area (Å²) in [6.07, 6.45) is 0.790. The van der Waals surface area contributed by atoms with E-state index in [0.29, 0.717) is 25.6 Å². The normalized spacial score (nSPS) is 20.1. The molecule has 0 bridgehead atoms. The van der Waals surface area contributed by atoms with Gasteiger partial charge in [0, 0.05) is 19.5 Å². The minimum atomic E-state index is -3.64. The number of sulfone groups is 1. The highest BCUT2D eigenvalue weighted by molar-refractivity contribution is 7.92. The maximum Gasteiger partial charge on any atom is 0.223 e. The molecule has 0 unspecified atom stereocenters. The van der Waals surface area contributed by atoms with E-state index in [0.717, 1.165) is 18.6 Å². The number of halogens is 1. The number of amides is 1. The molecule has 0 radical (unpaired) electrons. The van der Waals surface area contributed by atoms with Crippen molar-refractivity contribution in [2.75, 3.05) is 19.6 Å². The molecule has 5 nitrogen and oxygen atoms in total. The Morgan fingerprint density at radius 2 is 2.05 bits per heavy atom. The molecule has 1 heterocycles. The van der Waals surface area contributed by atoms with E-state index in [1.54, 1.807) is 4.90 Å². The Morgan fingerprint density at radius 3 is 2.59 bits per heavy atom. The Labute approximate surface area is 130 Å². The standard InChI is InChI=1S/C15H21FN2O3S/c1-11(8-15(19)18-7-6-12(9-17)10-18)22(20,21)14-4-2-13(16)3-5-14/h2-5,11-12H,6-10,17H2,1H3/t11-,12+/m1/s1. The predicted octanol–water partition coefficient (Wildman–Crippen LogP) is 1.19.